The smallest absolute Gasteiger partial charge is 0.416 e. The molecule has 0 bridgehead atoms. The standard InChI is InChI=1S/C27H28ClF4NO2/c1-4-18-12-23(10-11-24(18)28)35-22-7-5-6-21(14-22)33(16-26(34)17(2)3)15-19-8-9-20(13-25(19)29)27(30,31)32/h5-14,17,26,34H,4,15-16H2,1-3H3. The Morgan fingerprint density at radius 1 is 0.971 bits per heavy atom. The number of halogens is 5. The Hall–Kier alpha value is -2.77. The summed E-state index contributed by atoms with van der Waals surface area (Å²) < 4.78 is 59.4. The molecule has 0 fully saturated rings. The van der Waals surface area contributed by atoms with Crippen molar-refractivity contribution >= 4 is 17.3 Å². The number of rotatable bonds is 9. The van der Waals surface area contributed by atoms with E-state index in [1.165, 1.54) is 0 Å². The third kappa shape index (κ3) is 7.12. The van der Waals surface area contributed by atoms with Crippen LogP contribution in [0, 0.1) is 11.7 Å². The highest BCUT2D eigenvalue weighted by Gasteiger charge is 2.31. The second kappa shape index (κ2) is 11.3. The quantitative estimate of drug-likeness (QED) is 0.298. The molecule has 0 saturated heterocycles. The van der Waals surface area contributed by atoms with Gasteiger partial charge in [-0.1, -0.05) is 44.5 Å². The minimum atomic E-state index is -4.63. The van der Waals surface area contributed by atoms with Gasteiger partial charge in [0.25, 0.3) is 0 Å². The molecule has 0 saturated carbocycles. The lowest BCUT2D eigenvalue weighted by Gasteiger charge is -2.29. The first-order valence-corrected chi connectivity index (χ1v) is 11.7. The summed E-state index contributed by atoms with van der Waals surface area (Å²) in [6, 6.07) is 14.9. The minimum absolute atomic E-state index is 0.0296. The summed E-state index contributed by atoms with van der Waals surface area (Å²) in [4.78, 5) is 1.72. The number of anilines is 1. The van der Waals surface area contributed by atoms with Crippen molar-refractivity contribution in [1.29, 1.82) is 0 Å². The van der Waals surface area contributed by atoms with E-state index in [9.17, 15) is 22.7 Å². The summed E-state index contributed by atoms with van der Waals surface area (Å²) in [6.07, 6.45) is -4.62. The van der Waals surface area contributed by atoms with Crippen LogP contribution in [0.25, 0.3) is 0 Å². The summed E-state index contributed by atoms with van der Waals surface area (Å²) >= 11 is 6.19. The van der Waals surface area contributed by atoms with Crippen LogP contribution in [0.3, 0.4) is 0 Å². The molecular formula is C27H28ClF4NO2. The zero-order valence-corrected chi connectivity index (χ0v) is 20.5. The maximum atomic E-state index is 14.6. The van der Waals surface area contributed by atoms with E-state index < -0.39 is 23.7 Å². The molecule has 35 heavy (non-hydrogen) atoms. The van der Waals surface area contributed by atoms with Crippen molar-refractivity contribution in [3.8, 4) is 11.5 Å². The summed E-state index contributed by atoms with van der Waals surface area (Å²) in [7, 11) is 0. The van der Waals surface area contributed by atoms with Crippen molar-refractivity contribution in [1.82, 2.24) is 0 Å². The molecule has 0 radical (unpaired) electrons. The first-order chi connectivity index (χ1) is 16.5. The summed E-state index contributed by atoms with van der Waals surface area (Å²) in [5.74, 6) is 0.0928. The van der Waals surface area contributed by atoms with Crippen molar-refractivity contribution in [2.24, 2.45) is 5.92 Å². The van der Waals surface area contributed by atoms with Gasteiger partial charge in [0.15, 0.2) is 0 Å². The average molecular weight is 510 g/mol. The van der Waals surface area contributed by atoms with Crippen molar-refractivity contribution in [3.63, 3.8) is 0 Å². The third-order valence-corrected chi connectivity index (χ3v) is 6.10. The van der Waals surface area contributed by atoms with Gasteiger partial charge in [-0.2, -0.15) is 13.2 Å². The van der Waals surface area contributed by atoms with Gasteiger partial charge in [-0.25, -0.2) is 4.39 Å². The highest BCUT2D eigenvalue weighted by atomic mass is 35.5. The number of aliphatic hydroxyl groups is 1. The molecule has 0 aliphatic carbocycles. The predicted octanol–water partition coefficient (Wildman–Crippen LogP) is 7.88. The van der Waals surface area contributed by atoms with Crippen molar-refractivity contribution in [2.45, 2.75) is 46.0 Å². The monoisotopic (exact) mass is 509 g/mol. The Kier molecular flexibility index (Phi) is 8.67. The fraction of sp³-hybridized carbons (Fsp3) is 0.333. The van der Waals surface area contributed by atoms with Gasteiger partial charge in [-0.3, -0.25) is 0 Å². The molecule has 3 nitrogen and oxygen atoms in total. The van der Waals surface area contributed by atoms with Gasteiger partial charge in [0, 0.05) is 35.4 Å². The van der Waals surface area contributed by atoms with E-state index in [0.717, 1.165) is 24.1 Å². The first kappa shape index (κ1) is 26.8. The highest BCUT2D eigenvalue weighted by Crippen LogP contribution is 2.32. The van der Waals surface area contributed by atoms with Gasteiger partial charge in [0.05, 0.1) is 11.7 Å². The highest BCUT2D eigenvalue weighted by molar-refractivity contribution is 6.31. The van der Waals surface area contributed by atoms with E-state index in [-0.39, 0.29) is 24.6 Å². The number of ether oxygens (including phenoxy) is 1. The Morgan fingerprint density at radius 2 is 1.69 bits per heavy atom. The number of hydrogen-bond acceptors (Lipinski definition) is 3. The van der Waals surface area contributed by atoms with E-state index in [0.29, 0.717) is 28.3 Å². The molecule has 3 aromatic rings. The van der Waals surface area contributed by atoms with E-state index in [1.54, 1.807) is 41.3 Å². The first-order valence-electron chi connectivity index (χ1n) is 11.3. The van der Waals surface area contributed by atoms with Crippen LogP contribution < -0.4 is 9.64 Å². The molecule has 0 aliphatic rings. The summed E-state index contributed by atoms with van der Waals surface area (Å²) in [6.45, 7) is 5.82. The lowest BCUT2D eigenvalue weighted by atomic mass is 10.1. The summed E-state index contributed by atoms with van der Waals surface area (Å²) in [5.41, 5.74) is 0.619. The molecular weight excluding hydrogens is 482 g/mol. The van der Waals surface area contributed by atoms with Crippen LogP contribution >= 0.6 is 11.6 Å². The molecule has 0 spiro atoms. The average Bonchev–Trinajstić information content (AvgIpc) is 2.80. The molecule has 8 heteroatoms. The SMILES string of the molecule is CCc1cc(Oc2cccc(N(Cc3ccc(C(F)(F)F)cc3F)CC(O)C(C)C)c2)ccc1Cl. The largest absolute Gasteiger partial charge is 0.457 e. The zero-order valence-electron chi connectivity index (χ0n) is 19.7. The second-order valence-electron chi connectivity index (χ2n) is 8.70. The molecule has 3 rings (SSSR count). The molecule has 1 atom stereocenters. The maximum absolute atomic E-state index is 14.6. The number of hydrogen-bond donors (Lipinski definition) is 1. The fourth-order valence-electron chi connectivity index (χ4n) is 3.52. The van der Waals surface area contributed by atoms with Crippen LogP contribution in [-0.2, 0) is 19.1 Å². The van der Waals surface area contributed by atoms with E-state index in [1.807, 2.05) is 26.8 Å². The summed E-state index contributed by atoms with van der Waals surface area (Å²) in [5, 5.41) is 11.2. The number of benzene rings is 3. The number of alkyl halides is 3. The van der Waals surface area contributed by atoms with Gasteiger partial charge < -0.3 is 14.7 Å². The molecule has 3 aromatic carbocycles. The van der Waals surface area contributed by atoms with Gasteiger partial charge >= 0.3 is 6.18 Å². The van der Waals surface area contributed by atoms with Crippen molar-refractivity contribution < 1.29 is 27.4 Å². The van der Waals surface area contributed by atoms with Gasteiger partial charge in [-0.05, 0) is 60.4 Å². The molecule has 0 heterocycles. The minimum Gasteiger partial charge on any atom is -0.457 e. The van der Waals surface area contributed by atoms with Crippen LogP contribution in [0.4, 0.5) is 23.2 Å². The maximum Gasteiger partial charge on any atom is 0.416 e. The lowest BCUT2D eigenvalue weighted by Crippen LogP contribution is -2.35. The molecule has 0 aromatic heterocycles. The van der Waals surface area contributed by atoms with E-state index in [2.05, 4.69) is 0 Å². The molecule has 188 valence electrons. The molecule has 1 N–H and O–H groups in total. The zero-order chi connectivity index (χ0) is 25.8. The third-order valence-electron chi connectivity index (χ3n) is 5.74. The Bertz CT molecular complexity index is 1150. The van der Waals surface area contributed by atoms with Crippen LogP contribution in [-0.4, -0.2) is 17.8 Å². The molecule has 0 amide bonds. The van der Waals surface area contributed by atoms with Crippen molar-refractivity contribution in [2.75, 3.05) is 11.4 Å². The normalized spacial score (nSPS) is 12.6. The van der Waals surface area contributed by atoms with Gasteiger partial charge in [-0.15, -0.1) is 0 Å². The Morgan fingerprint density at radius 3 is 2.31 bits per heavy atom. The molecule has 0 aliphatic heterocycles. The van der Waals surface area contributed by atoms with Gasteiger partial charge in [0.1, 0.15) is 17.3 Å². The van der Waals surface area contributed by atoms with Gasteiger partial charge in [0.2, 0.25) is 0 Å². The number of aryl methyl sites for hydroxylation is 1. The lowest BCUT2D eigenvalue weighted by molar-refractivity contribution is -0.137. The van der Waals surface area contributed by atoms with Crippen molar-refractivity contribution in [3.05, 3.63) is 88.2 Å². The predicted molar refractivity (Wildman–Crippen MR) is 131 cm³/mol. The van der Waals surface area contributed by atoms with Crippen LogP contribution in [0.1, 0.15) is 37.5 Å². The number of aliphatic hydroxyl groups excluding tert-OH is 1. The van der Waals surface area contributed by atoms with Crippen LogP contribution in [0.2, 0.25) is 5.02 Å². The van der Waals surface area contributed by atoms with Crippen LogP contribution in [0.5, 0.6) is 11.5 Å². The Labute approximate surface area is 207 Å². The second-order valence-corrected chi connectivity index (χ2v) is 9.11. The van der Waals surface area contributed by atoms with E-state index in [4.69, 9.17) is 16.3 Å². The van der Waals surface area contributed by atoms with E-state index >= 15 is 0 Å². The Balaban J connectivity index is 1.90. The number of nitrogens with zero attached hydrogens (tertiary/aromatic N) is 1. The van der Waals surface area contributed by atoms with Crippen LogP contribution in [0.15, 0.2) is 60.7 Å². The molecule has 1 unspecified atom stereocenters. The topological polar surface area (TPSA) is 32.7 Å². The fourth-order valence-corrected chi connectivity index (χ4v) is 3.77.